The first-order chi connectivity index (χ1) is 6.06. The lowest BCUT2D eigenvalue weighted by Gasteiger charge is -2.02. The molecule has 1 aromatic carbocycles. The normalized spacial score (nSPS) is 10.0. The largest absolute Gasteiger partial charge is 0.393 e. The van der Waals surface area contributed by atoms with Crippen LogP contribution in [0.15, 0.2) is 12.1 Å². The van der Waals surface area contributed by atoms with Crippen LogP contribution >= 0.6 is 11.6 Å². The predicted octanol–water partition coefficient (Wildman–Crippen LogP) is 1.32. The van der Waals surface area contributed by atoms with Gasteiger partial charge in [0.15, 0.2) is 0 Å². The van der Waals surface area contributed by atoms with Crippen molar-refractivity contribution in [2.45, 2.75) is 6.61 Å². The van der Waals surface area contributed by atoms with Crippen molar-refractivity contribution >= 4 is 23.0 Å². The first-order valence-corrected chi connectivity index (χ1v) is 3.77. The Morgan fingerprint density at radius 2 is 2.23 bits per heavy atom. The summed E-state index contributed by atoms with van der Waals surface area (Å²) in [4.78, 5) is 9.78. The molecule has 0 amide bonds. The van der Waals surface area contributed by atoms with E-state index in [4.69, 9.17) is 22.4 Å². The number of nitrogens with zero attached hydrogens (tertiary/aromatic N) is 1. The number of aliphatic hydroxyl groups is 1. The van der Waals surface area contributed by atoms with Crippen LogP contribution in [0.25, 0.3) is 0 Å². The Morgan fingerprint density at radius 3 is 2.69 bits per heavy atom. The van der Waals surface area contributed by atoms with Crippen molar-refractivity contribution in [1.82, 2.24) is 0 Å². The van der Waals surface area contributed by atoms with Crippen LogP contribution in [0.3, 0.4) is 0 Å². The molecule has 0 aliphatic carbocycles. The highest BCUT2D eigenvalue weighted by Crippen LogP contribution is 2.28. The molecule has 0 unspecified atom stereocenters. The van der Waals surface area contributed by atoms with E-state index >= 15 is 0 Å². The average Bonchev–Trinajstić information content (AvgIpc) is 2.03. The number of nitro groups is 1. The molecule has 0 heterocycles. The quantitative estimate of drug-likeness (QED) is 0.430. The van der Waals surface area contributed by atoms with Gasteiger partial charge < -0.3 is 10.8 Å². The summed E-state index contributed by atoms with van der Waals surface area (Å²) >= 11 is 5.64. The Morgan fingerprint density at radius 1 is 1.62 bits per heavy atom. The van der Waals surface area contributed by atoms with Crippen LogP contribution in [0, 0.1) is 10.1 Å². The Bertz CT molecular complexity index is 354. The van der Waals surface area contributed by atoms with Crippen molar-refractivity contribution in [3.8, 4) is 0 Å². The molecule has 0 fully saturated rings. The Kier molecular flexibility index (Phi) is 2.69. The van der Waals surface area contributed by atoms with E-state index in [1.54, 1.807) is 0 Å². The van der Waals surface area contributed by atoms with E-state index in [-0.39, 0.29) is 23.0 Å². The second-order valence-corrected chi connectivity index (χ2v) is 2.82. The van der Waals surface area contributed by atoms with Gasteiger partial charge in [-0.2, -0.15) is 0 Å². The number of anilines is 1. The lowest BCUT2D eigenvalue weighted by atomic mass is 10.2. The molecule has 70 valence electrons. The van der Waals surface area contributed by atoms with Crippen molar-refractivity contribution in [1.29, 1.82) is 0 Å². The van der Waals surface area contributed by atoms with Crippen LogP contribution in [0.2, 0.25) is 5.02 Å². The molecular weight excluding hydrogens is 196 g/mol. The number of hydrogen-bond acceptors (Lipinski definition) is 4. The van der Waals surface area contributed by atoms with E-state index in [9.17, 15) is 10.1 Å². The van der Waals surface area contributed by atoms with Gasteiger partial charge in [0.1, 0.15) is 5.69 Å². The molecule has 13 heavy (non-hydrogen) atoms. The highest BCUT2D eigenvalue weighted by molar-refractivity contribution is 6.31. The van der Waals surface area contributed by atoms with Crippen LogP contribution < -0.4 is 5.73 Å². The monoisotopic (exact) mass is 202 g/mol. The lowest BCUT2D eigenvalue weighted by Crippen LogP contribution is -1.97. The number of hydrogen-bond donors (Lipinski definition) is 2. The second kappa shape index (κ2) is 3.59. The highest BCUT2D eigenvalue weighted by atomic mass is 35.5. The van der Waals surface area contributed by atoms with Gasteiger partial charge in [-0.05, 0) is 6.07 Å². The van der Waals surface area contributed by atoms with Crippen molar-refractivity contribution in [2.75, 3.05) is 5.73 Å². The molecule has 0 atom stereocenters. The zero-order valence-electron chi connectivity index (χ0n) is 6.53. The summed E-state index contributed by atoms with van der Waals surface area (Å²) in [6.07, 6.45) is 0. The summed E-state index contributed by atoms with van der Waals surface area (Å²) in [7, 11) is 0. The molecule has 6 heteroatoms. The minimum absolute atomic E-state index is 0.00722. The van der Waals surface area contributed by atoms with Gasteiger partial charge >= 0.3 is 0 Å². The van der Waals surface area contributed by atoms with Crippen molar-refractivity contribution in [2.24, 2.45) is 0 Å². The molecule has 0 radical (unpaired) electrons. The summed E-state index contributed by atoms with van der Waals surface area (Å²) in [6, 6.07) is 2.42. The summed E-state index contributed by atoms with van der Waals surface area (Å²) in [5.41, 5.74) is 5.38. The Balaban J connectivity index is 3.30. The molecule has 0 spiro atoms. The molecule has 0 saturated heterocycles. The van der Waals surface area contributed by atoms with Gasteiger partial charge in [0.25, 0.3) is 5.69 Å². The lowest BCUT2D eigenvalue weighted by molar-refractivity contribution is -0.384. The molecule has 1 aromatic rings. The fraction of sp³-hybridized carbons (Fsp3) is 0.143. The third-order valence-electron chi connectivity index (χ3n) is 1.56. The van der Waals surface area contributed by atoms with Gasteiger partial charge in [-0.15, -0.1) is 0 Å². The van der Waals surface area contributed by atoms with Crippen LogP contribution in [-0.4, -0.2) is 10.0 Å². The van der Waals surface area contributed by atoms with E-state index < -0.39 is 4.92 Å². The molecular formula is C7H7ClN2O3. The van der Waals surface area contributed by atoms with Gasteiger partial charge in [0.05, 0.1) is 11.5 Å². The van der Waals surface area contributed by atoms with Crippen molar-refractivity contribution < 1.29 is 10.0 Å². The van der Waals surface area contributed by atoms with E-state index in [2.05, 4.69) is 0 Å². The molecule has 0 aliphatic heterocycles. The molecule has 0 bridgehead atoms. The first kappa shape index (κ1) is 9.76. The Hall–Kier alpha value is -1.33. The maximum atomic E-state index is 10.4. The van der Waals surface area contributed by atoms with E-state index in [1.807, 2.05) is 0 Å². The zero-order chi connectivity index (χ0) is 10.0. The van der Waals surface area contributed by atoms with Gasteiger partial charge in [-0.25, -0.2) is 0 Å². The number of halogens is 1. The number of aliphatic hydroxyl groups excluding tert-OH is 1. The van der Waals surface area contributed by atoms with Crippen LogP contribution in [0.1, 0.15) is 5.56 Å². The van der Waals surface area contributed by atoms with E-state index in [1.165, 1.54) is 6.07 Å². The van der Waals surface area contributed by atoms with Gasteiger partial charge in [-0.1, -0.05) is 11.6 Å². The second-order valence-electron chi connectivity index (χ2n) is 2.42. The van der Waals surface area contributed by atoms with Gasteiger partial charge in [0.2, 0.25) is 0 Å². The third kappa shape index (κ3) is 1.88. The number of benzene rings is 1. The van der Waals surface area contributed by atoms with Crippen LogP contribution in [0.5, 0.6) is 0 Å². The van der Waals surface area contributed by atoms with Crippen molar-refractivity contribution in [3.05, 3.63) is 32.8 Å². The number of rotatable bonds is 2. The number of nitrogens with two attached hydrogens (primary N) is 1. The maximum absolute atomic E-state index is 10.4. The van der Waals surface area contributed by atoms with Crippen LogP contribution in [0.4, 0.5) is 11.4 Å². The molecule has 0 aliphatic rings. The summed E-state index contributed by atoms with van der Waals surface area (Å²) in [5.74, 6) is 0. The first-order valence-electron chi connectivity index (χ1n) is 3.39. The minimum Gasteiger partial charge on any atom is -0.393 e. The SMILES string of the molecule is Nc1cc(Cl)c(CO)cc1[N+](=O)[O-]. The minimum atomic E-state index is -0.620. The highest BCUT2D eigenvalue weighted by Gasteiger charge is 2.14. The van der Waals surface area contributed by atoms with E-state index in [0.717, 1.165) is 6.07 Å². The summed E-state index contributed by atoms with van der Waals surface area (Å²) in [6.45, 7) is -0.347. The summed E-state index contributed by atoms with van der Waals surface area (Å²) < 4.78 is 0. The molecule has 1 rings (SSSR count). The van der Waals surface area contributed by atoms with E-state index in [0.29, 0.717) is 5.56 Å². The van der Waals surface area contributed by atoms with Gasteiger partial charge in [0, 0.05) is 16.7 Å². The summed E-state index contributed by atoms with van der Waals surface area (Å²) in [5, 5.41) is 19.4. The maximum Gasteiger partial charge on any atom is 0.292 e. The Labute approximate surface area is 78.9 Å². The molecule has 0 saturated carbocycles. The van der Waals surface area contributed by atoms with Crippen molar-refractivity contribution in [3.63, 3.8) is 0 Å². The fourth-order valence-corrected chi connectivity index (χ4v) is 1.13. The number of nitrogen functional groups attached to an aromatic ring is 1. The average molecular weight is 203 g/mol. The zero-order valence-corrected chi connectivity index (χ0v) is 7.28. The smallest absolute Gasteiger partial charge is 0.292 e. The third-order valence-corrected chi connectivity index (χ3v) is 1.91. The molecule has 3 N–H and O–H groups in total. The topological polar surface area (TPSA) is 89.4 Å². The standard InChI is InChI=1S/C7H7ClN2O3/c8-5-2-6(9)7(10(12)13)1-4(5)3-11/h1-2,11H,3,9H2. The molecule has 0 aromatic heterocycles. The van der Waals surface area contributed by atoms with Crippen LogP contribution in [-0.2, 0) is 6.61 Å². The van der Waals surface area contributed by atoms with Gasteiger partial charge in [-0.3, -0.25) is 10.1 Å². The molecule has 5 nitrogen and oxygen atoms in total. The fourth-order valence-electron chi connectivity index (χ4n) is 0.900. The number of nitro benzene ring substituents is 1. The predicted molar refractivity (Wildman–Crippen MR) is 48.4 cm³/mol.